The molecular weight excluding hydrogens is 228 g/mol. The second kappa shape index (κ2) is 4.72. The molecule has 5 heteroatoms. The Morgan fingerprint density at radius 2 is 2.11 bits per heavy atom. The third-order valence-electron chi connectivity index (χ3n) is 3.80. The molecule has 1 amide bonds. The Hall–Kier alpha value is -1.36. The molecule has 1 aromatic rings. The SMILES string of the molecule is CCCN1C(=O)C[C@H](N)[C@H]1c1c(C)nn(C)c1C. The van der Waals surface area contributed by atoms with Gasteiger partial charge in [0, 0.05) is 37.3 Å². The molecule has 2 N–H and O–H groups in total. The first-order chi connectivity index (χ1) is 8.47. The highest BCUT2D eigenvalue weighted by molar-refractivity contribution is 5.80. The van der Waals surface area contributed by atoms with Crippen LogP contribution >= 0.6 is 0 Å². The van der Waals surface area contributed by atoms with Crippen LogP contribution in [0.1, 0.15) is 42.8 Å². The Labute approximate surface area is 108 Å². The molecule has 1 aliphatic heterocycles. The van der Waals surface area contributed by atoms with Gasteiger partial charge in [-0.25, -0.2) is 0 Å². The lowest BCUT2D eigenvalue weighted by Gasteiger charge is -2.27. The quantitative estimate of drug-likeness (QED) is 0.872. The molecule has 0 aliphatic carbocycles. The summed E-state index contributed by atoms with van der Waals surface area (Å²) < 4.78 is 1.87. The summed E-state index contributed by atoms with van der Waals surface area (Å²) in [6.07, 6.45) is 1.39. The zero-order chi connectivity index (χ0) is 13.4. The van der Waals surface area contributed by atoms with Crippen molar-refractivity contribution in [2.24, 2.45) is 12.8 Å². The van der Waals surface area contributed by atoms with E-state index in [-0.39, 0.29) is 18.0 Å². The molecule has 1 fully saturated rings. The highest BCUT2D eigenvalue weighted by atomic mass is 16.2. The van der Waals surface area contributed by atoms with Gasteiger partial charge in [0.2, 0.25) is 5.91 Å². The van der Waals surface area contributed by atoms with Gasteiger partial charge in [0.15, 0.2) is 0 Å². The Morgan fingerprint density at radius 1 is 1.44 bits per heavy atom. The van der Waals surface area contributed by atoms with Gasteiger partial charge in [-0.1, -0.05) is 6.92 Å². The standard InChI is InChI=1S/C13H22N4O/c1-5-6-17-11(18)7-10(14)13(17)12-8(2)15-16(4)9(12)3/h10,13H,5-7,14H2,1-4H3/t10-,13-/m0/s1. The van der Waals surface area contributed by atoms with Crippen LogP contribution in [0.3, 0.4) is 0 Å². The number of rotatable bonds is 3. The van der Waals surface area contributed by atoms with Gasteiger partial charge in [0.25, 0.3) is 0 Å². The number of hydrogen-bond acceptors (Lipinski definition) is 3. The minimum absolute atomic E-state index is 0.00819. The Morgan fingerprint density at radius 3 is 2.61 bits per heavy atom. The Bertz CT molecular complexity index is 466. The van der Waals surface area contributed by atoms with Gasteiger partial charge in [-0.15, -0.1) is 0 Å². The van der Waals surface area contributed by atoms with Gasteiger partial charge >= 0.3 is 0 Å². The molecular formula is C13H22N4O. The number of aryl methyl sites for hydroxylation is 2. The maximum atomic E-state index is 12.0. The van der Waals surface area contributed by atoms with Crippen LogP contribution in [0.2, 0.25) is 0 Å². The Kier molecular flexibility index (Phi) is 3.43. The predicted molar refractivity (Wildman–Crippen MR) is 70.0 cm³/mol. The molecule has 2 heterocycles. The summed E-state index contributed by atoms with van der Waals surface area (Å²) in [4.78, 5) is 13.9. The van der Waals surface area contributed by atoms with Crippen LogP contribution < -0.4 is 5.73 Å². The van der Waals surface area contributed by atoms with Crippen molar-refractivity contribution in [3.05, 3.63) is 17.0 Å². The number of hydrogen-bond donors (Lipinski definition) is 1. The fourth-order valence-electron chi connectivity index (χ4n) is 2.91. The summed E-state index contributed by atoms with van der Waals surface area (Å²) >= 11 is 0. The van der Waals surface area contributed by atoms with E-state index in [0.29, 0.717) is 6.42 Å². The molecule has 1 aliphatic rings. The highest BCUT2D eigenvalue weighted by Gasteiger charge is 2.40. The number of carbonyl (C=O) groups is 1. The van der Waals surface area contributed by atoms with Gasteiger partial charge in [0.1, 0.15) is 0 Å². The van der Waals surface area contributed by atoms with Gasteiger partial charge < -0.3 is 10.6 Å². The number of likely N-dealkylation sites (tertiary alicyclic amines) is 1. The minimum atomic E-state index is -0.120. The van der Waals surface area contributed by atoms with Crippen molar-refractivity contribution in [3.8, 4) is 0 Å². The summed E-state index contributed by atoms with van der Waals surface area (Å²) in [5.41, 5.74) is 9.38. The topological polar surface area (TPSA) is 64.2 Å². The molecule has 18 heavy (non-hydrogen) atoms. The van der Waals surface area contributed by atoms with Gasteiger partial charge in [-0.3, -0.25) is 9.48 Å². The van der Waals surface area contributed by atoms with Crippen molar-refractivity contribution >= 4 is 5.91 Å². The molecule has 1 saturated heterocycles. The second-order valence-corrected chi connectivity index (χ2v) is 5.11. The lowest BCUT2D eigenvalue weighted by atomic mass is 9.99. The Balaban J connectivity index is 2.43. The first-order valence-electron chi connectivity index (χ1n) is 6.52. The van der Waals surface area contributed by atoms with Crippen LogP contribution in [0, 0.1) is 13.8 Å². The number of carbonyl (C=O) groups excluding carboxylic acids is 1. The van der Waals surface area contributed by atoms with Crippen LogP contribution in [0.4, 0.5) is 0 Å². The van der Waals surface area contributed by atoms with Crippen LogP contribution in [-0.2, 0) is 11.8 Å². The van der Waals surface area contributed by atoms with Crippen molar-refractivity contribution in [1.29, 1.82) is 0 Å². The largest absolute Gasteiger partial charge is 0.334 e. The maximum absolute atomic E-state index is 12.0. The number of amides is 1. The van der Waals surface area contributed by atoms with Crippen LogP contribution in [0.25, 0.3) is 0 Å². The third-order valence-corrected chi connectivity index (χ3v) is 3.80. The maximum Gasteiger partial charge on any atom is 0.224 e. The first kappa shape index (κ1) is 13.1. The van der Waals surface area contributed by atoms with E-state index in [1.165, 1.54) is 0 Å². The third kappa shape index (κ3) is 1.92. The summed E-state index contributed by atoms with van der Waals surface area (Å²) in [6, 6.07) is -0.128. The van der Waals surface area contributed by atoms with Crippen molar-refractivity contribution in [1.82, 2.24) is 14.7 Å². The normalized spacial score (nSPS) is 24.1. The molecule has 5 nitrogen and oxygen atoms in total. The average Bonchev–Trinajstić information content (AvgIpc) is 2.69. The zero-order valence-corrected chi connectivity index (χ0v) is 11.6. The van der Waals surface area contributed by atoms with E-state index in [0.717, 1.165) is 29.9 Å². The molecule has 0 aromatic carbocycles. The second-order valence-electron chi connectivity index (χ2n) is 5.11. The van der Waals surface area contributed by atoms with Crippen molar-refractivity contribution in [2.75, 3.05) is 6.54 Å². The van der Waals surface area contributed by atoms with E-state index >= 15 is 0 Å². The molecule has 0 spiro atoms. The van der Waals surface area contributed by atoms with Gasteiger partial charge in [-0.2, -0.15) is 5.10 Å². The number of aromatic nitrogens is 2. The van der Waals surface area contributed by atoms with E-state index in [4.69, 9.17) is 5.73 Å². The van der Waals surface area contributed by atoms with E-state index in [1.54, 1.807) is 0 Å². The lowest BCUT2D eigenvalue weighted by Crippen LogP contribution is -2.34. The smallest absolute Gasteiger partial charge is 0.224 e. The fraction of sp³-hybridized carbons (Fsp3) is 0.692. The van der Waals surface area contributed by atoms with Crippen molar-refractivity contribution in [3.63, 3.8) is 0 Å². The van der Waals surface area contributed by atoms with Gasteiger partial charge in [-0.05, 0) is 20.3 Å². The molecule has 2 atom stereocenters. The molecule has 2 rings (SSSR count). The van der Waals surface area contributed by atoms with Crippen LogP contribution in [0.5, 0.6) is 0 Å². The molecule has 0 unspecified atom stereocenters. The predicted octanol–water partition coefficient (Wildman–Crippen LogP) is 1.05. The lowest BCUT2D eigenvalue weighted by molar-refractivity contribution is -0.129. The van der Waals surface area contributed by atoms with Crippen molar-refractivity contribution < 1.29 is 4.79 Å². The monoisotopic (exact) mass is 250 g/mol. The molecule has 0 bridgehead atoms. The van der Waals surface area contributed by atoms with E-state index in [2.05, 4.69) is 12.0 Å². The molecule has 100 valence electrons. The molecule has 1 aromatic heterocycles. The first-order valence-corrected chi connectivity index (χ1v) is 6.52. The zero-order valence-electron chi connectivity index (χ0n) is 11.6. The highest BCUT2D eigenvalue weighted by Crippen LogP contribution is 2.35. The summed E-state index contributed by atoms with van der Waals surface area (Å²) in [7, 11) is 1.93. The average molecular weight is 250 g/mol. The summed E-state index contributed by atoms with van der Waals surface area (Å²) in [5.74, 6) is 0.164. The van der Waals surface area contributed by atoms with Crippen LogP contribution in [0.15, 0.2) is 0 Å². The number of nitrogens with zero attached hydrogens (tertiary/aromatic N) is 3. The van der Waals surface area contributed by atoms with E-state index < -0.39 is 0 Å². The van der Waals surface area contributed by atoms with E-state index in [1.807, 2.05) is 30.5 Å². The summed E-state index contributed by atoms with van der Waals surface area (Å²) in [6.45, 7) is 6.87. The van der Waals surface area contributed by atoms with Crippen molar-refractivity contribution in [2.45, 2.75) is 45.7 Å². The fourth-order valence-corrected chi connectivity index (χ4v) is 2.91. The van der Waals surface area contributed by atoms with Gasteiger partial charge in [0.05, 0.1) is 11.7 Å². The molecule has 0 saturated carbocycles. The van der Waals surface area contributed by atoms with Crippen LogP contribution in [-0.4, -0.2) is 33.2 Å². The van der Waals surface area contributed by atoms with E-state index in [9.17, 15) is 4.79 Å². The summed E-state index contributed by atoms with van der Waals surface area (Å²) in [5, 5.41) is 4.43. The molecule has 0 radical (unpaired) electrons. The minimum Gasteiger partial charge on any atom is -0.334 e. The number of nitrogens with two attached hydrogens (primary N) is 1.